The summed E-state index contributed by atoms with van der Waals surface area (Å²) >= 11 is 1.29. The third-order valence-corrected chi connectivity index (χ3v) is 4.75. The molecule has 27 heavy (non-hydrogen) atoms. The number of aryl methyl sites for hydroxylation is 2. The molecule has 2 aromatic rings. The van der Waals surface area contributed by atoms with Gasteiger partial charge in [-0.05, 0) is 60.5 Å². The highest BCUT2D eigenvalue weighted by Gasteiger charge is 2.24. The minimum absolute atomic E-state index is 0.198. The monoisotopic (exact) mass is 382 g/mol. The summed E-state index contributed by atoms with van der Waals surface area (Å²) in [5.41, 5.74) is 3.77. The number of carboxylic acids is 1. The van der Waals surface area contributed by atoms with Gasteiger partial charge in [-0.2, -0.15) is 0 Å². The van der Waals surface area contributed by atoms with Crippen molar-refractivity contribution in [2.75, 3.05) is 6.61 Å². The third kappa shape index (κ3) is 4.77. The van der Waals surface area contributed by atoms with E-state index in [4.69, 9.17) is 9.84 Å². The molecule has 1 fully saturated rings. The Hall–Kier alpha value is -3.06. The van der Waals surface area contributed by atoms with Gasteiger partial charge in [0.15, 0.2) is 11.8 Å². The number of para-hydroxylation sites is 1. The second kappa shape index (κ2) is 8.09. The van der Waals surface area contributed by atoms with E-state index in [9.17, 15) is 9.59 Å². The topological polar surface area (TPSA) is 88.0 Å². The number of nitrogens with zero attached hydrogens (tertiary/aromatic N) is 1. The number of aliphatic carboxylic acids is 1. The number of benzene rings is 2. The van der Waals surface area contributed by atoms with Gasteiger partial charge in [0.2, 0.25) is 0 Å². The highest BCUT2D eigenvalue weighted by Crippen LogP contribution is 2.30. The van der Waals surface area contributed by atoms with Crippen LogP contribution in [0.2, 0.25) is 0 Å². The number of nitrogens with one attached hydrogen (secondary N) is 1. The van der Waals surface area contributed by atoms with E-state index in [2.05, 4.69) is 10.3 Å². The molecule has 0 bridgehead atoms. The van der Waals surface area contributed by atoms with E-state index in [0.717, 1.165) is 22.4 Å². The van der Waals surface area contributed by atoms with Crippen LogP contribution in [0, 0.1) is 13.8 Å². The molecule has 1 aliphatic rings. The van der Waals surface area contributed by atoms with E-state index in [-0.39, 0.29) is 5.91 Å². The molecule has 0 spiro atoms. The Morgan fingerprint density at radius 1 is 1.19 bits per heavy atom. The minimum atomic E-state index is -1.03. The van der Waals surface area contributed by atoms with Crippen LogP contribution < -0.4 is 10.1 Å². The van der Waals surface area contributed by atoms with Gasteiger partial charge >= 0.3 is 5.97 Å². The van der Waals surface area contributed by atoms with Crippen LogP contribution in [0.1, 0.15) is 16.7 Å². The number of ether oxygens (including phenoxy) is 1. The van der Waals surface area contributed by atoms with Crippen molar-refractivity contribution in [1.29, 1.82) is 0 Å². The van der Waals surface area contributed by atoms with Crippen LogP contribution in [0.15, 0.2) is 52.4 Å². The number of amides is 1. The normalized spacial score (nSPS) is 16.6. The van der Waals surface area contributed by atoms with Crippen LogP contribution in [0.4, 0.5) is 5.69 Å². The number of carboxylic acid groups (broad SMARTS) is 1. The fourth-order valence-corrected chi connectivity index (χ4v) is 3.35. The fraction of sp³-hybridized carbons (Fsp3) is 0.150. The number of hydrogen-bond donors (Lipinski definition) is 2. The standard InChI is InChI=1S/C20H18N2O4S/c1-12-4-3-5-13(2)18(12)21-20-22-19(25)16(27-20)10-14-6-8-15(9-7-14)26-11-17(23)24/h3-10H,11H2,1-2H3,(H,23,24)(H,21,22,25)/b16-10+. The molecule has 1 amide bonds. The molecule has 0 atom stereocenters. The highest BCUT2D eigenvalue weighted by molar-refractivity contribution is 8.18. The molecular formula is C20H18N2O4S. The third-order valence-electron chi connectivity index (χ3n) is 3.84. The molecule has 0 aromatic heterocycles. The second-order valence-corrected chi connectivity index (χ2v) is 7.00. The first-order valence-electron chi connectivity index (χ1n) is 8.23. The van der Waals surface area contributed by atoms with Gasteiger partial charge in [0.1, 0.15) is 5.75 Å². The molecular weight excluding hydrogens is 364 g/mol. The van der Waals surface area contributed by atoms with Gasteiger partial charge in [0, 0.05) is 0 Å². The Kier molecular flexibility index (Phi) is 5.61. The largest absolute Gasteiger partial charge is 0.482 e. The lowest BCUT2D eigenvalue weighted by atomic mass is 10.1. The van der Waals surface area contributed by atoms with Crippen LogP contribution in [-0.2, 0) is 9.59 Å². The van der Waals surface area contributed by atoms with Gasteiger partial charge in [0.05, 0.1) is 10.6 Å². The zero-order valence-corrected chi connectivity index (χ0v) is 15.7. The maximum absolute atomic E-state index is 12.2. The van der Waals surface area contributed by atoms with E-state index >= 15 is 0 Å². The van der Waals surface area contributed by atoms with E-state index in [1.54, 1.807) is 30.3 Å². The number of rotatable bonds is 5. The number of aliphatic imine (C=N–C) groups is 1. The summed E-state index contributed by atoms with van der Waals surface area (Å²) in [7, 11) is 0. The van der Waals surface area contributed by atoms with Crippen LogP contribution in [0.3, 0.4) is 0 Å². The van der Waals surface area contributed by atoms with Gasteiger partial charge in [-0.25, -0.2) is 9.79 Å². The maximum Gasteiger partial charge on any atom is 0.341 e. The molecule has 2 N–H and O–H groups in total. The van der Waals surface area contributed by atoms with Crippen molar-refractivity contribution < 1.29 is 19.4 Å². The lowest BCUT2D eigenvalue weighted by Crippen LogP contribution is -2.19. The van der Waals surface area contributed by atoms with Crippen molar-refractivity contribution in [1.82, 2.24) is 5.32 Å². The first kappa shape index (κ1) is 18.7. The number of carbonyl (C=O) groups is 2. The van der Waals surface area contributed by atoms with Crippen molar-refractivity contribution in [3.05, 3.63) is 64.1 Å². The molecule has 0 saturated carbocycles. The van der Waals surface area contributed by atoms with Crippen molar-refractivity contribution in [2.45, 2.75) is 13.8 Å². The summed E-state index contributed by atoms with van der Waals surface area (Å²) in [5, 5.41) is 12.0. The SMILES string of the molecule is Cc1cccc(C)c1N=C1NC(=O)/C(=C\c2ccc(OCC(=O)O)cc2)S1. The summed E-state index contributed by atoms with van der Waals surface area (Å²) in [6.45, 7) is 3.58. The van der Waals surface area contributed by atoms with E-state index in [0.29, 0.717) is 15.8 Å². The smallest absolute Gasteiger partial charge is 0.341 e. The number of carbonyl (C=O) groups excluding carboxylic acids is 1. The summed E-state index contributed by atoms with van der Waals surface area (Å²) < 4.78 is 5.10. The van der Waals surface area contributed by atoms with Crippen molar-refractivity contribution in [3.8, 4) is 5.75 Å². The molecule has 1 heterocycles. The molecule has 3 rings (SSSR count). The quantitative estimate of drug-likeness (QED) is 0.771. The molecule has 0 aliphatic carbocycles. The Bertz CT molecular complexity index is 929. The van der Waals surface area contributed by atoms with Crippen LogP contribution in [0.25, 0.3) is 6.08 Å². The predicted molar refractivity (Wildman–Crippen MR) is 106 cm³/mol. The summed E-state index contributed by atoms with van der Waals surface area (Å²) in [6.07, 6.45) is 1.76. The van der Waals surface area contributed by atoms with Crippen molar-refractivity contribution in [2.24, 2.45) is 4.99 Å². The molecule has 0 radical (unpaired) electrons. The molecule has 7 heteroatoms. The summed E-state index contributed by atoms with van der Waals surface area (Å²) in [5.74, 6) is -0.771. The Labute approximate surface area is 161 Å². The summed E-state index contributed by atoms with van der Waals surface area (Å²) in [4.78, 5) is 27.9. The Morgan fingerprint density at radius 3 is 2.48 bits per heavy atom. The fourth-order valence-electron chi connectivity index (χ4n) is 2.52. The molecule has 6 nitrogen and oxygen atoms in total. The number of hydrogen-bond acceptors (Lipinski definition) is 5. The molecule has 1 saturated heterocycles. The second-order valence-electron chi connectivity index (χ2n) is 5.97. The minimum Gasteiger partial charge on any atom is -0.482 e. The maximum atomic E-state index is 12.2. The average molecular weight is 382 g/mol. The number of thioether (sulfide) groups is 1. The lowest BCUT2D eigenvalue weighted by Gasteiger charge is -2.04. The summed E-state index contributed by atoms with van der Waals surface area (Å²) in [6, 6.07) is 12.8. The highest BCUT2D eigenvalue weighted by atomic mass is 32.2. The van der Waals surface area contributed by atoms with Gasteiger partial charge in [-0.1, -0.05) is 30.3 Å². The zero-order valence-electron chi connectivity index (χ0n) is 14.9. The predicted octanol–water partition coefficient (Wildman–Crippen LogP) is 3.66. The molecule has 2 aromatic carbocycles. The lowest BCUT2D eigenvalue weighted by molar-refractivity contribution is -0.139. The Morgan fingerprint density at radius 2 is 1.85 bits per heavy atom. The van der Waals surface area contributed by atoms with Gasteiger partial charge < -0.3 is 15.2 Å². The Balaban J connectivity index is 1.75. The zero-order chi connectivity index (χ0) is 19.4. The first-order chi connectivity index (χ1) is 12.9. The average Bonchev–Trinajstić information content (AvgIpc) is 2.97. The molecule has 138 valence electrons. The number of amidine groups is 1. The van der Waals surface area contributed by atoms with Gasteiger partial charge in [-0.3, -0.25) is 4.79 Å². The van der Waals surface area contributed by atoms with E-state index in [1.807, 2.05) is 32.0 Å². The van der Waals surface area contributed by atoms with Gasteiger partial charge in [0.25, 0.3) is 5.91 Å². The molecule has 1 aliphatic heterocycles. The van der Waals surface area contributed by atoms with Crippen molar-refractivity contribution >= 4 is 40.6 Å². The van der Waals surface area contributed by atoms with Crippen LogP contribution >= 0.6 is 11.8 Å². The van der Waals surface area contributed by atoms with Gasteiger partial charge in [-0.15, -0.1) is 0 Å². The van der Waals surface area contributed by atoms with E-state index < -0.39 is 12.6 Å². The van der Waals surface area contributed by atoms with E-state index in [1.165, 1.54) is 11.8 Å². The first-order valence-corrected chi connectivity index (χ1v) is 9.04. The van der Waals surface area contributed by atoms with Crippen molar-refractivity contribution in [3.63, 3.8) is 0 Å². The van der Waals surface area contributed by atoms with Crippen LogP contribution in [-0.4, -0.2) is 28.8 Å². The van der Waals surface area contributed by atoms with Crippen LogP contribution in [0.5, 0.6) is 5.75 Å². The molecule has 0 unspecified atom stereocenters.